The molecule has 1 aromatic carbocycles. The normalized spacial score (nSPS) is 15.6. The van der Waals surface area contributed by atoms with Gasteiger partial charge in [-0.2, -0.15) is 0 Å². The highest BCUT2D eigenvalue weighted by Crippen LogP contribution is 2.31. The van der Waals surface area contributed by atoms with Gasteiger partial charge in [0.2, 0.25) is 11.1 Å². The van der Waals surface area contributed by atoms with Crippen molar-refractivity contribution < 1.29 is 14.7 Å². The third-order valence-electron chi connectivity index (χ3n) is 5.20. The first-order chi connectivity index (χ1) is 14.1. The maximum absolute atomic E-state index is 12.4. The molecule has 3 aromatic rings. The van der Waals surface area contributed by atoms with E-state index in [0.29, 0.717) is 5.16 Å². The van der Waals surface area contributed by atoms with Crippen LogP contribution in [0.25, 0.3) is 10.9 Å². The molecule has 0 radical (unpaired) electrons. The van der Waals surface area contributed by atoms with Crippen molar-refractivity contribution >= 4 is 34.5 Å². The van der Waals surface area contributed by atoms with Crippen LogP contribution in [0.5, 0.6) is 0 Å². The average Bonchev–Trinajstić information content (AvgIpc) is 3.46. The van der Waals surface area contributed by atoms with Crippen molar-refractivity contribution in [2.75, 3.05) is 5.75 Å². The molecular formula is C19H22N6O3S. The van der Waals surface area contributed by atoms with Crippen LogP contribution in [-0.2, 0) is 16.0 Å². The van der Waals surface area contributed by atoms with Crippen molar-refractivity contribution in [2.24, 2.45) is 0 Å². The van der Waals surface area contributed by atoms with Crippen LogP contribution < -0.4 is 5.32 Å². The smallest absolute Gasteiger partial charge is 0.326 e. The number of carboxylic acids is 1. The first kappa shape index (κ1) is 19.4. The second kappa shape index (κ2) is 8.64. The molecule has 152 valence electrons. The Morgan fingerprint density at radius 2 is 2.10 bits per heavy atom. The van der Waals surface area contributed by atoms with Crippen molar-refractivity contribution in [3.8, 4) is 0 Å². The van der Waals surface area contributed by atoms with Gasteiger partial charge >= 0.3 is 5.97 Å². The molecule has 4 rings (SSSR count). The van der Waals surface area contributed by atoms with E-state index in [0.717, 1.165) is 42.1 Å². The number of thioether (sulfide) groups is 1. The van der Waals surface area contributed by atoms with Crippen LogP contribution in [0.3, 0.4) is 0 Å². The summed E-state index contributed by atoms with van der Waals surface area (Å²) in [5.74, 6) is -1.36. The molecule has 0 bridgehead atoms. The second-order valence-electron chi connectivity index (χ2n) is 7.15. The summed E-state index contributed by atoms with van der Waals surface area (Å²) >= 11 is 1.23. The minimum Gasteiger partial charge on any atom is -0.480 e. The van der Waals surface area contributed by atoms with Gasteiger partial charge in [0.25, 0.3) is 0 Å². The number of carboxylic acid groups (broad SMARTS) is 1. The molecule has 1 fully saturated rings. The minimum absolute atomic E-state index is 0.0603. The highest BCUT2D eigenvalue weighted by molar-refractivity contribution is 7.99. The number of nitrogens with one attached hydrogen (secondary N) is 2. The number of H-pyrrole nitrogens is 1. The summed E-state index contributed by atoms with van der Waals surface area (Å²) in [6.45, 7) is 0. The molecule has 0 unspecified atom stereocenters. The third-order valence-corrected chi connectivity index (χ3v) is 6.13. The number of amides is 1. The van der Waals surface area contributed by atoms with Gasteiger partial charge < -0.3 is 15.4 Å². The number of hydrogen-bond donors (Lipinski definition) is 3. The lowest BCUT2D eigenvalue weighted by Crippen LogP contribution is -2.43. The van der Waals surface area contributed by atoms with E-state index in [2.05, 4.69) is 25.8 Å². The molecule has 2 aromatic heterocycles. The summed E-state index contributed by atoms with van der Waals surface area (Å²) in [7, 11) is 0. The molecule has 1 saturated carbocycles. The molecule has 29 heavy (non-hydrogen) atoms. The molecule has 1 amide bonds. The van der Waals surface area contributed by atoms with Gasteiger partial charge in [-0.25, -0.2) is 9.48 Å². The van der Waals surface area contributed by atoms with Crippen molar-refractivity contribution in [3.05, 3.63) is 36.0 Å². The Morgan fingerprint density at radius 3 is 2.90 bits per heavy atom. The molecule has 1 atom stereocenters. The Morgan fingerprint density at radius 1 is 1.31 bits per heavy atom. The van der Waals surface area contributed by atoms with Gasteiger partial charge in [0.15, 0.2) is 0 Å². The fourth-order valence-electron chi connectivity index (χ4n) is 3.75. The molecule has 1 aliphatic carbocycles. The van der Waals surface area contributed by atoms with Crippen molar-refractivity contribution in [2.45, 2.75) is 49.3 Å². The molecule has 0 aliphatic heterocycles. The van der Waals surface area contributed by atoms with Crippen molar-refractivity contribution in [3.63, 3.8) is 0 Å². The van der Waals surface area contributed by atoms with E-state index < -0.39 is 12.0 Å². The number of aliphatic carboxylic acids is 1. The van der Waals surface area contributed by atoms with Gasteiger partial charge in [0.1, 0.15) is 6.04 Å². The first-order valence-corrected chi connectivity index (χ1v) is 10.6. The number of nitrogens with zero attached hydrogens (tertiary/aromatic N) is 4. The van der Waals surface area contributed by atoms with Crippen LogP contribution in [0.1, 0.15) is 37.3 Å². The molecule has 3 N–H and O–H groups in total. The Hall–Kier alpha value is -2.88. The Kier molecular flexibility index (Phi) is 5.79. The lowest BCUT2D eigenvalue weighted by molar-refractivity contribution is -0.141. The Bertz CT molecular complexity index is 1010. The van der Waals surface area contributed by atoms with Crippen LogP contribution in [0, 0.1) is 0 Å². The van der Waals surface area contributed by atoms with E-state index in [4.69, 9.17) is 0 Å². The van der Waals surface area contributed by atoms with Crippen LogP contribution in [0.2, 0.25) is 0 Å². The van der Waals surface area contributed by atoms with Gasteiger partial charge in [0.05, 0.1) is 11.8 Å². The summed E-state index contributed by atoms with van der Waals surface area (Å²) in [4.78, 5) is 27.2. The van der Waals surface area contributed by atoms with Crippen LogP contribution in [0.15, 0.2) is 35.6 Å². The number of hydrogen-bond acceptors (Lipinski definition) is 6. The Labute approximate surface area is 171 Å². The number of aromatic nitrogens is 5. The summed E-state index contributed by atoms with van der Waals surface area (Å²) < 4.78 is 1.78. The predicted octanol–water partition coefficient (Wildman–Crippen LogP) is 2.17. The van der Waals surface area contributed by atoms with E-state index in [-0.39, 0.29) is 24.1 Å². The largest absolute Gasteiger partial charge is 0.480 e. The van der Waals surface area contributed by atoms with Crippen LogP contribution in [0.4, 0.5) is 0 Å². The van der Waals surface area contributed by atoms with E-state index in [1.54, 1.807) is 10.9 Å². The molecule has 10 heteroatoms. The zero-order valence-electron chi connectivity index (χ0n) is 15.7. The first-order valence-electron chi connectivity index (χ1n) is 9.59. The number of aromatic amines is 1. The van der Waals surface area contributed by atoms with E-state index in [1.807, 2.05) is 24.3 Å². The lowest BCUT2D eigenvalue weighted by Gasteiger charge is -2.14. The molecule has 1 aliphatic rings. The zero-order chi connectivity index (χ0) is 20.2. The quantitative estimate of drug-likeness (QED) is 0.482. The van der Waals surface area contributed by atoms with Crippen LogP contribution in [-0.4, -0.2) is 54.0 Å². The molecule has 0 saturated heterocycles. The van der Waals surface area contributed by atoms with Gasteiger partial charge in [-0.05, 0) is 34.9 Å². The fourth-order valence-corrected chi connectivity index (χ4v) is 4.50. The number of benzene rings is 1. The number of carbonyl (C=O) groups excluding carboxylic acids is 1. The van der Waals surface area contributed by atoms with Gasteiger partial charge in [-0.3, -0.25) is 4.79 Å². The highest BCUT2D eigenvalue weighted by Gasteiger charge is 2.24. The molecule has 0 spiro atoms. The topological polar surface area (TPSA) is 126 Å². The average molecular weight is 414 g/mol. The minimum atomic E-state index is -1.07. The standard InChI is InChI=1S/C19H22N6O3S/c26-17(11-29-19-22-23-24-25(19)13-5-1-2-6-13)21-16(18(27)28)9-12-10-20-15-8-4-3-7-14(12)15/h3-4,7-8,10,13,16,20H,1-2,5-6,9,11H2,(H,21,26)(H,27,28)/t16-/m0/s1. The fraction of sp³-hybridized carbons (Fsp3) is 0.421. The number of rotatable bonds is 8. The van der Waals surface area contributed by atoms with E-state index in [9.17, 15) is 14.7 Å². The monoisotopic (exact) mass is 414 g/mol. The van der Waals surface area contributed by atoms with E-state index in [1.165, 1.54) is 11.8 Å². The third kappa shape index (κ3) is 4.42. The van der Waals surface area contributed by atoms with Crippen LogP contribution >= 0.6 is 11.8 Å². The van der Waals surface area contributed by atoms with Crippen molar-refractivity contribution in [1.82, 2.24) is 30.5 Å². The summed E-state index contributed by atoms with van der Waals surface area (Å²) in [6.07, 6.45) is 6.38. The molecular weight excluding hydrogens is 392 g/mol. The number of fused-ring (bicyclic) bond motifs is 1. The predicted molar refractivity (Wildman–Crippen MR) is 108 cm³/mol. The van der Waals surface area contributed by atoms with Gasteiger partial charge in [0, 0.05) is 23.5 Å². The number of para-hydroxylation sites is 1. The lowest BCUT2D eigenvalue weighted by atomic mass is 10.1. The number of carbonyl (C=O) groups is 2. The zero-order valence-corrected chi connectivity index (χ0v) is 16.6. The summed E-state index contributed by atoms with van der Waals surface area (Å²) in [6, 6.07) is 6.95. The van der Waals surface area contributed by atoms with Crippen molar-refractivity contribution in [1.29, 1.82) is 0 Å². The SMILES string of the molecule is O=C(CSc1nnnn1C1CCCC1)N[C@@H](Cc1c[nH]c2ccccc12)C(=O)O. The molecule has 9 nitrogen and oxygen atoms in total. The number of tetrazole rings is 1. The maximum atomic E-state index is 12.4. The van der Waals surface area contributed by atoms with E-state index >= 15 is 0 Å². The maximum Gasteiger partial charge on any atom is 0.326 e. The second-order valence-corrected chi connectivity index (χ2v) is 8.10. The Balaban J connectivity index is 1.37. The van der Waals surface area contributed by atoms with Gasteiger partial charge in [-0.15, -0.1) is 5.10 Å². The molecule has 2 heterocycles. The van der Waals surface area contributed by atoms with Gasteiger partial charge in [-0.1, -0.05) is 42.8 Å². The summed E-state index contributed by atoms with van der Waals surface area (Å²) in [5, 5.41) is 25.5. The highest BCUT2D eigenvalue weighted by atomic mass is 32.2. The summed E-state index contributed by atoms with van der Waals surface area (Å²) in [5.41, 5.74) is 1.79.